The van der Waals surface area contributed by atoms with Crippen LogP contribution in [0.15, 0.2) is 18.2 Å². The topological polar surface area (TPSA) is 30.5 Å². The Labute approximate surface area is 117 Å². The van der Waals surface area contributed by atoms with Gasteiger partial charge in [0.1, 0.15) is 0 Å². The molecule has 0 spiro atoms. The zero-order valence-electron chi connectivity index (χ0n) is 12.7. The summed E-state index contributed by atoms with van der Waals surface area (Å²) in [5.74, 6) is 1.60. The lowest BCUT2D eigenvalue weighted by atomic mass is 10.0. The highest BCUT2D eigenvalue weighted by atomic mass is 16.5. The monoisotopic (exact) mass is 265 g/mol. The van der Waals surface area contributed by atoms with Crippen LogP contribution in [-0.2, 0) is 6.42 Å². The van der Waals surface area contributed by atoms with Crippen LogP contribution < -0.4 is 14.8 Å². The molecule has 1 atom stereocenters. The molecule has 0 aliphatic carbocycles. The third kappa shape index (κ3) is 5.11. The number of likely N-dealkylation sites (N-methyl/N-ethyl adjacent to an activating group) is 1. The predicted molar refractivity (Wildman–Crippen MR) is 80.2 cm³/mol. The number of hydrogen-bond donors (Lipinski definition) is 1. The number of benzene rings is 1. The predicted octanol–water partition coefficient (Wildman–Crippen LogP) is 3.41. The molecule has 108 valence electrons. The van der Waals surface area contributed by atoms with E-state index < -0.39 is 0 Å². The average Bonchev–Trinajstić information content (AvgIpc) is 2.46. The number of ether oxygens (including phenoxy) is 2. The molecule has 0 saturated carbocycles. The zero-order valence-corrected chi connectivity index (χ0v) is 12.7. The number of nitrogens with one attached hydrogen (secondary N) is 1. The minimum atomic E-state index is 0.532. The van der Waals surface area contributed by atoms with E-state index in [1.54, 1.807) is 14.2 Å². The first kappa shape index (κ1) is 15.8. The Bertz CT molecular complexity index is 366. The van der Waals surface area contributed by atoms with Crippen LogP contribution in [0.2, 0.25) is 0 Å². The van der Waals surface area contributed by atoms with Crippen LogP contribution in [0.3, 0.4) is 0 Å². The molecule has 0 aliphatic heterocycles. The van der Waals surface area contributed by atoms with Crippen molar-refractivity contribution >= 4 is 0 Å². The molecule has 0 radical (unpaired) electrons. The second-order valence-electron chi connectivity index (χ2n) is 4.87. The van der Waals surface area contributed by atoms with Gasteiger partial charge in [0.15, 0.2) is 11.5 Å². The second-order valence-corrected chi connectivity index (χ2v) is 4.87. The highest BCUT2D eigenvalue weighted by Gasteiger charge is 2.10. The quantitative estimate of drug-likeness (QED) is 0.694. The lowest BCUT2D eigenvalue weighted by Crippen LogP contribution is -2.27. The van der Waals surface area contributed by atoms with E-state index >= 15 is 0 Å². The maximum atomic E-state index is 5.35. The van der Waals surface area contributed by atoms with E-state index in [1.807, 2.05) is 13.1 Å². The lowest BCUT2D eigenvalue weighted by molar-refractivity contribution is 0.354. The Balaban J connectivity index is 2.63. The van der Waals surface area contributed by atoms with Gasteiger partial charge in [-0.1, -0.05) is 32.3 Å². The standard InChI is InChI=1S/C16H27NO2/c1-5-6-7-8-14(17-2)11-13-9-10-15(18-3)16(12-13)19-4/h9-10,12,14,17H,5-8,11H2,1-4H3. The molecule has 19 heavy (non-hydrogen) atoms. The average molecular weight is 265 g/mol. The van der Waals surface area contributed by atoms with E-state index in [-0.39, 0.29) is 0 Å². The Morgan fingerprint density at radius 3 is 2.42 bits per heavy atom. The van der Waals surface area contributed by atoms with Gasteiger partial charge in [-0.25, -0.2) is 0 Å². The van der Waals surface area contributed by atoms with Crippen molar-refractivity contribution in [2.24, 2.45) is 0 Å². The van der Waals surface area contributed by atoms with Crippen LogP contribution in [0.4, 0.5) is 0 Å². The van der Waals surface area contributed by atoms with Crippen LogP contribution in [0.1, 0.15) is 38.2 Å². The lowest BCUT2D eigenvalue weighted by Gasteiger charge is -2.17. The largest absolute Gasteiger partial charge is 0.493 e. The first-order chi connectivity index (χ1) is 9.24. The molecule has 0 saturated heterocycles. The minimum absolute atomic E-state index is 0.532. The van der Waals surface area contributed by atoms with E-state index in [0.29, 0.717) is 6.04 Å². The highest BCUT2D eigenvalue weighted by molar-refractivity contribution is 5.43. The Kier molecular flexibility index (Phi) is 7.34. The van der Waals surface area contributed by atoms with Crippen LogP contribution in [0, 0.1) is 0 Å². The van der Waals surface area contributed by atoms with E-state index in [1.165, 1.54) is 31.2 Å². The number of unbranched alkanes of at least 4 members (excludes halogenated alkanes) is 2. The Morgan fingerprint density at radius 1 is 1.11 bits per heavy atom. The van der Waals surface area contributed by atoms with Crippen molar-refractivity contribution in [3.05, 3.63) is 23.8 Å². The molecule has 3 heteroatoms. The van der Waals surface area contributed by atoms with Gasteiger partial charge in [0.05, 0.1) is 14.2 Å². The Morgan fingerprint density at radius 2 is 1.84 bits per heavy atom. The van der Waals surface area contributed by atoms with Crippen LogP contribution in [0.25, 0.3) is 0 Å². The minimum Gasteiger partial charge on any atom is -0.493 e. The summed E-state index contributed by atoms with van der Waals surface area (Å²) >= 11 is 0. The fourth-order valence-electron chi connectivity index (χ4n) is 2.28. The SMILES string of the molecule is CCCCCC(Cc1ccc(OC)c(OC)c1)NC. The summed E-state index contributed by atoms with van der Waals surface area (Å²) in [6.07, 6.45) is 6.12. The molecular formula is C16H27NO2. The molecule has 0 fully saturated rings. The third-order valence-corrected chi connectivity index (χ3v) is 3.49. The van der Waals surface area contributed by atoms with Crippen molar-refractivity contribution in [1.82, 2.24) is 5.32 Å². The van der Waals surface area contributed by atoms with E-state index in [2.05, 4.69) is 24.4 Å². The fourth-order valence-corrected chi connectivity index (χ4v) is 2.28. The summed E-state index contributed by atoms with van der Waals surface area (Å²) in [5.41, 5.74) is 1.29. The van der Waals surface area contributed by atoms with Crippen LogP contribution in [-0.4, -0.2) is 27.3 Å². The smallest absolute Gasteiger partial charge is 0.160 e. The fraction of sp³-hybridized carbons (Fsp3) is 0.625. The van der Waals surface area contributed by atoms with Crippen molar-refractivity contribution in [2.75, 3.05) is 21.3 Å². The van der Waals surface area contributed by atoms with Gasteiger partial charge in [0.25, 0.3) is 0 Å². The van der Waals surface area contributed by atoms with Crippen LogP contribution >= 0.6 is 0 Å². The molecule has 1 aromatic rings. The molecular weight excluding hydrogens is 238 g/mol. The summed E-state index contributed by atoms with van der Waals surface area (Å²) in [7, 11) is 5.38. The number of methoxy groups -OCH3 is 2. The molecule has 0 aromatic heterocycles. The van der Waals surface area contributed by atoms with Gasteiger partial charge < -0.3 is 14.8 Å². The molecule has 1 rings (SSSR count). The molecule has 1 aromatic carbocycles. The summed E-state index contributed by atoms with van der Waals surface area (Å²) in [5, 5.41) is 3.40. The van der Waals surface area contributed by atoms with Crippen molar-refractivity contribution in [1.29, 1.82) is 0 Å². The maximum absolute atomic E-state index is 5.35. The van der Waals surface area contributed by atoms with Crippen molar-refractivity contribution < 1.29 is 9.47 Å². The van der Waals surface area contributed by atoms with E-state index in [9.17, 15) is 0 Å². The first-order valence-electron chi connectivity index (χ1n) is 7.13. The zero-order chi connectivity index (χ0) is 14.1. The molecule has 0 heterocycles. The van der Waals surface area contributed by atoms with Gasteiger partial charge in [0.2, 0.25) is 0 Å². The summed E-state index contributed by atoms with van der Waals surface area (Å²) in [6.45, 7) is 2.24. The second kappa shape index (κ2) is 8.81. The van der Waals surface area contributed by atoms with Gasteiger partial charge in [-0.15, -0.1) is 0 Å². The first-order valence-corrected chi connectivity index (χ1v) is 7.13. The molecule has 1 N–H and O–H groups in total. The maximum Gasteiger partial charge on any atom is 0.160 e. The summed E-state index contributed by atoms with van der Waals surface area (Å²) in [6, 6.07) is 6.70. The van der Waals surface area contributed by atoms with Gasteiger partial charge in [-0.05, 0) is 37.6 Å². The van der Waals surface area contributed by atoms with Crippen LogP contribution in [0.5, 0.6) is 11.5 Å². The molecule has 0 bridgehead atoms. The number of hydrogen-bond acceptors (Lipinski definition) is 3. The van der Waals surface area contributed by atoms with Gasteiger partial charge in [0, 0.05) is 6.04 Å². The van der Waals surface area contributed by atoms with Gasteiger partial charge in [-0.3, -0.25) is 0 Å². The highest BCUT2D eigenvalue weighted by Crippen LogP contribution is 2.28. The van der Waals surface area contributed by atoms with Gasteiger partial charge >= 0.3 is 0 Å². The Hall–Kier alpha value is -1.22. The van der Waals surface area contributed by atoms with Crippen molar-refractivity contribution in [2.45, 2.75) is 45.1 Å². The molecule has 1 unspecified atom stereocenters. The van der Waals surface area contributed by atoms with E-state index in [4.69, 9.17) is 9.47 Å². The molecule has 3 nitrogen and oxygen atoms in total. The van der Waals surface area contributed by atoms with Crippen molar-refractivity contribution in [3.8, 4) is 11.5 Å². The number of rotatable bonds is 9. The van der Waals surface area contributed by atoms with E-state index in [0.717, 1.165) is 17.9 Å². The summed E-state index contributed by atoms with van der Waals surface area (Å²) in [4.78, 5) is 0. The van der Waals surface area contributed by atoms with Gasteiger partial charge in [-0.2, -0.15) is 0 Å². The molecule has 0 aliphatic rings. The molecule has 0 amide bonds. The van der Waals surface area contributed by atoms with Crippen molar-refractivity contribution in [3.63, 3.8) is 0 Å². The third-order valence-electron chi connectivity index (χ3n) is 3.49. The summed E-state index contributed by atoms with van der Waals surface area (Å²) < 4.78 is 10.6. The normalized spacial score (nSPS) is 12.2.